The number of nitrogens with one attached hydrogen (secondary N) is 1. The summed E-state index contributed by atoms with van der Waals surface area (Å²) < 4.78 is 13.3. The van der Waals surface area contributed by atoms with Crippen LogP contribution in [0.5, 0.6) is 0 Å². The fourth-order valence-electron chi connectivity index (χ4n) is 0.685. The third-order valence-electron chi connectivity index (χ3n) is 1.21. The average Bonchev–Trinajstić information content (AvgIpc) is 2.27. The molecule has 1 aromatic rings. The number of benzene rings is 1. The van der Waals surface area contributed by atoms with E-state index < -0.39 is 15.7 Å². The Hall–Kier alpha value is -0.901. The molecule has 0 aliphatic heterocycles. The van der Waals surface area contributed by atoms with E-state index >= 15 is 0 Å². The largest absolute Gasteiger partial charge is 0.281 e. The molecule has 83 valence electrons. The Morgan fingerprint density at radius 3 is 1.87 bits per heavy atom. The van der Waals surface area contributed by atoms with Crippen LogP contribution in [0.2, 0.25) is 0 Å². The minimum absolute atomic E-state index is 0.829. The van der Waals surface area contributed by atoms with Crippen LogP contribution in [0.4, 0.5) is 5.69 Å². The summed E-state index contributed by atoms with van der Waals surface area (Å²) in [5.41, 5.74) is 2.01. The molecule has 15 heavy (non-hydrogen) atoms. The van der Waals surface area contributed by atoms with E-state index in [4.69, 9.17) is 19.2 Å². The molecule has 0 aliphatic carbocycles. The van der Waals surface area contributed by atoms with E-state index in [1.165, 1.54) is 5.56 Å². The summed E-state index contributed by atoms with van der Waals surface area (Å²) in [6.07, 6.45) is 0. The fourth-order valence-corrected chi connectivity index (χ4v) is 2.22. The molecule has 0 bridgehead atoms. The number of aryl methyl sites for hydroxylation is 1. The zero-order valence-corrected chi connectivity index (χ0v) is 10.9. The molecule has 0 aliphatic rings. The van der Waals surface area contributed by atoms with Crippen LogP contribution in [0, 0.1) is 6.92 Å². The summed E-state index contributed by atoms with van der Waals surface area (Å²) in [6, 6.07) is 7.62. The Morgan fingerprint density at radius 1 is 1.13 bits per heavy atom. The SMILES string of the molecule is Cc1ccc([NH][Ir](=[O])[Cl])cc1.[C]=O.[C]=O. The smallest absolute Gasteiger partial charge is 0.281 e. The van der Waals surface area contributed by atoms with Gasteiger partial charge in [-0.2, -0.15) is 0 Å². The molecule has 0 atom stereocenters. The van der Waals surface area contributed by atoms with E-state index in [-0.39, 0.29) is 0 Å². The molecule has 0 aromatic heterocycles. The van der Waals surface area contributed by atoms with Gasteiger partial charge in [0.1, 0.15) is 0 Å². The first kappa shape index (κ1) is 16.5. The van der Waals surface area contributed by atoms with Gasteiger partial charge in [0, 0.05) is 0 Å². The molecule has 0 spiro atoms. The predicted octanol–water partition coefficient (Wildman–Crippen LogP) is 1.65. The van der Waals surface area contributed by atoms with Crippen LogP contribution in [-0.4, -0.2) is 13.6 Å². The van der Waals surface area contributed by atoms with Gasteiger partial charge in [-0.3, -0.25) is 9.59 Å². The first-order chi connectivity index (χ1) is 7.18. The summed E-state index contributed by atoms with van der Waals surface area (Å²) in [5, 5.41) is 0. The summed E-state index contributed by atoms with van der Waals surface area (Å²) >= 11 is -2.68. The van der Waals surface area contributed by atoms with E-state index in [2.05, 4.69) is 17.6 Å². The standard InChI is InChI=1S/C7H8N.2CO.ClH.Ir.O/c1-6-2-4-7(8)5-3-6;2*1-2;;;/h2-5,8H,1H3;;;1H;;/q-1;;;;+2;/p-1. The van der Waals surface area contributed by atoms with E-state index in [0.717, 1.165) is 5.69 Å². The molecular formula is C9H8ClIrNO3. The van der Waals surface area contributed by atoms with Gasteiger partial charge < -0.3 is 0 Å². The van der Waals surface area contributed by atoms with E-state index in [9.17, 15) is 3.50 Å². The Kier molecular flexibility index (Phi) is 12.3. The van der Waals surface area contributed by atoms with Crippen LogP contribution in [0.25, 0.3) is 0 Å². The monoisotopic (exact) mass is 406 g/mol. The number of hydrogen-bond acceptors (Lipinski definition) is 3. The molecule has 0 saturated heterocycles. The number of hydrogen-bond donors (Lipinski definition) is 1. The van der Waals surface area contributed by atoms with Gasteiger partial charge in [-0.15, -0.1) is 0 Å². The summed E-state index contributed by atoms with van der Waals surface area (Å²) in [6.45, 7) is 11.0. The second-order valence-electron chi connectivity index (χ2n) is 2.13. The molecule has 0 heterocycles. The maximum Gasteiger partial charge on any atom is 0.281 e. The average molecular weight is 406 g/mol. The minimum atomic E-state index is -2.68. The van der Waals surface area contributed by atoms with Gasteiger partial charge >= 0.3 is 75.2 Å². The molecule has 0 amide bonds. The van der Waals surface area contributed by atoms with E-state index in [1.54, 1.807) is 0 Å². The maximum atomic E-state index is 10.6. The van der Waals surface area contributed by atoms with Gasteiger partial charge in [-0.25, -0.2) is 0 Å². The minimum Gasteiger partial charge on any atom is -0.281 e. The van der Waals surface area contributed by atoms with Crippen molar-refractivity contribution >= 4 is 28.8 Å². The molecule has 1 rings (SSSR count). The molecule has 4 radical (unpaired) electrons. The normalized spacial score (nSPS) is 8.53. The van der Waals surface area contributed by atoms with Crippen LogP contribution in [0.15, 0.2) is 24.3 Å². The maximum absolute atomic E-state index is 10.6. The Bertz CT molecular complexity index is 290. The topological polar surface area (TPSA) is 63.2 Å². The van der Waals surface area contributed by atoms with Crippen molar-refractivity contribution in [2.75, 3.05) is 3.99 Å². The molecule has 6 heteroatoms. The molecule has 0 fully saturated rings. The van der Waals surface area contributed by atoms with E-state index in [1.807, 2.05) is 31.2 Å². The number of anilines is 1. The van der Waals surface area contributed by atoms with Gasteiger partial charge in [-0.1, -0.05) is 0 Å². The quantitative estimate of drug-likeness (QED) is 0.812. The van der Waals surface area contributed by atoms with Crippen LogP contribution in [-0.2, 0) is 28.8 Å². The summed E-state index contributed by atoms with van der Waals surface area (Å²) in [7, 11) is 5.35. The third-order valence-corrected chi connectivity index (χ3v) is 2.89. The summed E-state index contributed by atoms with van der Waals surface area (Å²) in [4.78, 5) is 15.0. The Morgan fingerprint density at radius 2 is 1.53 bits per heavy atom. The van der Waals surface area contributed by atoms with Crippen molar-refractivity contribution in [2.45, 2.75) is 6.92 Å². The van der Waals surface area contributed by atoms with Gasteiger partial charge in [0.15, 0.2) is 0 Å². The fraction of sp³-hybridized carbons (Fsp3) is 0.111. The Labute approximate surface area is 98.3 Å². The van der Waals surface area contributed by atoms with Crippen LogP contribution < -0.4 is 3.99 Å². The van der Waals surface area contributed by atoms with Gasteiger partial charge in [0.25, 0.3) is 13.6 Å². The predicted molar refractivity (Wildman–Crippen MR) is 52.7 cm³/mol. The van der Waals surface area contributed by atoms with Crippen molar-refractivity contribution in [3.63, 3.8) is 0 Å². The van der Waals surface area contributed by atoms with Gasteiger partial charge in [0.2, 0.25) is 0 Å². The zero-order chi connectivity index (χ0) is 12.3. The second kappa shape index (κ2) is 11.2. The molecule has 0 unspecified atom stereocenters. The molecule has 1 aromatic carbocycles. The van der Waals surface area contributed by atoms with Crippen LogP contribution in [0.1, 0.15) is 5.56 Å². The molecule has 0 saturated carbocycles. The van der Waals surface area contributed by atoms with Crippen molar-refractivity contribution in [1.29, 1.82) is 0 Å². The zero-order valence-electron chi connectivity index (χ0n) is 7.75. The van der Waals surface area contributed by atoms with Crippen molar-refractivity contribution in [2.24, 2.45) is 0 Å². The molecule has 4 nitrogen and oxygen atoms in total. The number of halogens is 1. The van der Waals surface area contributed by atoms with Crippen LogP contribution in [0.3, 0.4) is 0 Å². The van der Waals surface area contributed by atoms with Crippen molar-refractivity contribution < 1.29 is 28.8 Å². The Balaban J connectivity index is 0. The second-order valence-corrected chi connectivity index (χ2v) is 5.91. The molecular weight excluding hydrogens is 398 g/mol. The number of rotatable bonds is 2. The van der Waals surface area contributed by atoms with Crippen LogP contribution >= 0.6 is 9.58 Å². The van der Waals surface area contributed by atoms with E-state index in [0.29, 0.717) is 0 Å². The van der Waals surface area contributed by atoms with Crippen molar-refractivity contribution in [3.8, 4) is 0 Å². The van der Waals surface area contributed by atoms with Crippen molar-refractivity contribution in [1.82, 2.24) is 0 Å². The van der Waals surface area contributed by atoms with Crippen molar-refractivity contribution in [3.05, 3.63) is 29.8 Å². The summed E-state index contributed by atoms with van der Waals surface area (Å²) in [5.74, 6) is 0. The molecule has 1 N–H and O–H groups in total. The third kappa shape index (κ3) is 9.40. The first-order valence-corrected chi connectivity index (χ1v) is 8.55. The first-order valence-electron chi connectivity index (χ1n) is 3.41. The van der Waals surface area contributed by atoms with Gasteiger partial charge in [-0.05, 0) is 0 Å². The van der Waals surface area contributed by atoms with Gasteiger partial charge in [0.05, 0.1) is 0 Å². The number of carbonyl (C=O) groups excluding carboxylic acids is 2.